The zero-order valence-corrected chi connectivity index (χ0v) is 17.1. The number of hydrogen-bond donors (Lipinski definition) is 2. The molecule has 156 valence electrons. The van der Waals surface area contributed by atoms with Crippen LogP contribution in [-0.4, -0.2) is 9.97 Å². The summed E-state index contributed by atoms with van der Waals surface area (Å²) in [6, 6.07) is 14.8. The van der Waals surface area contributed by atoms with E-state index >= 15 is 0 Å². The Morgan fingerprint density at radius 3 is 1.28 bits per heavy atom. The van der Waals surface area contributed by atoms with Gasteiger partial charge in [0, 0.05) is 22.5 Å². The molecular weight excluding hydrogens is 400 g/mol. The summed E-state index contributed by atoms with van der Waals surface area (Å²) in [5, 5.41) is 0. The fourth-order valence-corrected chi connectivity index (χ4v) is 3.24. The van der Waals surface area contributed by atoms with Gasteiger partial charge in [0.2, 0.25) is 11.8 Å². The minimum absolute atomic E-state index is 0.536. The van der Waals surface area contributed by atoms with Crippen LogP contribution in [-0.2, 0) is 0 Å². The second kappa shape index (κ2) is 8.28. The first kappa shape index (κ1) is 19.4. The largest absolute Gasteiger partial charge is 0.436 e. The highest BCUT2D eigenvalue weighted by molar-refractivity contribution is 5.70. The van der Waals surface area contributed by atoms with Crippen molar-refractivity contribution in [3.05, 3.63) is 95.7 Å². The van der Waals surface area contributed by atoms with E-state index in [2.05, 4.69) is 9.97 Å². The molecule has 2 aromatic heterocycles. The van der Waals surface area contributed by atoms with Gasteiger partial charge in [0.05, 0.1) is 0 Å². The molecule has 0 atom stereocenters. The van der Waals surface area contributed by atoms with Crippen molar-refractivity contribution in [1.29, 1.82) is 0 Å². The van der Waals surface area contributed by atoms with Crippen LogP contribution in [0, 0.1) is 0 Å². The summed E-state index contributed by atoms with van der Waals surface area (Å²) in [5.41, 5.74) is 16.1. The molecule has 4 aromatic rings. The molecule has 5 rings (SSSR count). The lowest BCUT2D eigenvalue weighted by molar-refractivity contribution is 0.564. The topological polar surface area (TPSA) is 104 Å². The van der Waals surface area contributed by atoms with Crippen molar-refractivity contribution in [2.24, 2.45) is 0 Å². The van der Waals surface area contributed by atoms with Gasteiger partial charge in [-0.3, -0.25) is 0 Å². The number of fused-ring (bicyclic) bond motifs is 2. The second-order valence-electron chi connectivity index (χ2n) is 7.22. The van der Waals surface area contributed by atoms with E-state index in [-0.39, 0.29) is 0 Å². The molecule has 0 unspecified atom stereocenters. The Morgan fingerprint density at radius 1 is 0.500 bits per heavy atom. The van der Waals surface area contributed by atoms with Crippen molar-refractivity contribution in [2.45, 2.75) is 0 Å². The molecule has 1 aliphatic carbocycles. The summed E-state index contributed by atoms with van der Waals surface area (Å²) in [7, 11) is 0. The monoisotopic (exact) mass is 420 g/mol. The predicted octanol–water partition coefficient (Wildman–Crippen LogP) is 5.93. The van der Waals surface area contributed by atoms with Gasteiger partial charge in [0.25, 0.3) is 0 Å². The molecule has 0 amide bonds. The third-order valence-corrected chi connectivity index (χ3v) is 4.90. The van der Waals surface area contributed by atoms with Crippen LogP contribution in [0.1, 0.15) is 22.9 Å². The first-order valence-electron chi connectivity index (χ1n) is 10.1. The third-order valence-electron chi connectivity index (χ3n) is 4.90. The van der Waals surface area contributed by atoms with E-state index in [0.717, 1.165) is 22.5 Å². The number of oxazole rings is 2. The Morgan fingerprint density at radius 2 is 0.875 bits per heavy atom. The predicted molar refractivity (Wildman–Crippen MR) is 129 cm³/mol. The number of rotatable bonds is 2. The molecule has 32 heavy (non-hydrogen) atoms. The highest BCUT2D eigenvalue weighted by Gasteiger charge is 2.12. The average Bonchev–Trinajstić information content (AvgIpc) is 3.38. The molecule has 2 aromatic carbocycles. The maximum absolute atomic E-state index is 5.98. The Bertz CT molecular complexity index is 1200. The van der Waals surface area contributed by atoms with E-state index in [1.165, 1.54) is 0 Å². The van der Waals surface area contributed by atoms with Gasteiger partial charge in [-0.2, -0.15) is 0 Å². The maximum Gasteiger partial charge on any atom is 0.227 e. The minimum Gasteiger partial charge on any atom is -0.436 e. The Hall–Kier alpha value is -4.58. The van der Waals surface area contributed by atoms with Gasteiger partial charge in [-0.1, -0.05) is 24.3 Å². The van der Waals surface area contributed by atoms with Gasteiger partial charge in [0.1, 0.15) is 11.4 Å². The number of nitrogen functional groups attached to an aromatic ring is 2. The lowest BCUT2D eigenvalue weighted by Gasteiger charge is -1.95. The molecule has 4 N–H and O–H groups in total. The lowest BCUT2D eigenvalue weighted by Crippen LogP contribution is -1.84. The molecular formula is C26H20N4O2. The van der Waals surface area contributed by atoms with Gasteiger partial charge in [-0.15, -0.1) is 0 Å². The lowest BCUT2D eigenvalue weighted by atomic mass is 10.2. The van der Waals surface area contributed by atoms with Gasteiger partial charge in [-0.05, 0) is 72.8 Å². The van der Waals surface area contributed by atoms with Crippen molar-refractivity contribution in [1.82, 2.24) is 9.97 Å². The van der Waals surface area contributed by atoms with Crippen molar-refractivity contribution < 1.29 is 8.83 Å². The smallest absolute Gasteiger partial charge is 0.227 e. The molecule has 0 radical (unpaired) electrons. The average molecular weight is 420 g/mol. The molecule has 6 heteroatoms. The van der Waals surface area contributed by atoms with Gasteiger partial charge in [-0.25, -0.2) is 9.97 Å². The summed E-state index contributed by atoms with van der Waals surface area (Å²) < 4.78 is 12.0. The van der Waals surface area contributed by atoms with Gasteiger partial charge < -0.3 is 20.3 Å². The van der Waals surface area contributed by atoms with E-state index in [4.69, 9.17) is 20.3 Å². The van der Waals surface area contributed by atoms with Gasteiger partial charge >= 0.3 is 0 Å². The fraction of sp³-hybridized carbons (Fsp3) is 0. The minimum atomic E-state index is 0.536. The maximum atomic E-state index is 5.98. The molecule has 2 heterocycles. The number of allylic oxidation sites excluding steroid dienone is 4. The number of anilines is 2. The van der Waals surface area contributed by atoms with Crippen LogP contribution in [0.15, 0.2) is 81.7 Å². The van der Waals surface area contributed by atoms with Crippen LogP contribution in [0.5, 0.6) is 0 Å². The zero-order chi connectivity index (χ0) is 21.9. The Balaban J connectivity index is 1.47. The molecule has 0 saturated carbocycles. The van der Waals surface area contributed by atoms with Crippen molar-refractivity contribution in [3.8, 4) is 22.9 Å². The quantitative estimate of drug-likeness (QED) is 0.390. The van der Waals surface area contributed by atoms with E-state index in [1.54, 1.807) is 0 Å². The summed E-state index contributed by atoms with van der Waals surface area (Å²) in [6.07, 6.45) is 15.1. The summed E-state index contributed by atoms with van der Waals surface area (Å²) in [5.74, 6) is 2.40. The number of aromatic nitrogens is 2. The highest BCUT2D eigenvalue weighted by atomic mass is 16.4. The highest BCUT2D eigenvalue weighted by Crippen LogP contribution is 2.27. The van der Waals surface area contributed by atoms with E-state index in [9.17, 15) is 0 Å². The van der Waals surface area contributed by atoms with Crippen LogP contribution >= 0.6 is 0 Å². The molecule has 0 saturated heterocycles. The van der Waals surface area contributed by atoms with Crippen LogP contribution in [0.4, 0.5) is 11.4 Å². The van der Waals surface area contributed by atoms with Crippen LogP contribution in [0.25, 0.3) is 47.2 Å². The van der Waals surface area contributed by atoms with Crippen molar-refractivity contribution in [3.63, 3.8) is 0 Å². The van der Waals surface area contributed by atoms with Gasteiger partial charge in [0.15, 0.2) is 11.5 Å². The second-order valence-corrected chi connectivity index (χ2v) is 7.22. The van der Waals surface area contributed by atoms with Crippen LogP contribution < -0.4 is 11.5 Å². The fourth-order valence-electron chi connectivity index (χ4n) is 3.24. The number of hydrogen-bond acceptors (Lipinski definition) is 6. The number of nitrogens with two attached hydrogens (primary N) is 2. The standard InChI is InChI=1S/C26H20N4O2/c27-19-13-9-17(10-14-19)25-29-21-5-1-3-7-23-22(6-2-4-8-24(21)32-25)30-26(31-23)18-11-15-20(28)16-12-18/h1-16H,27-28H2/b3-1?,4-2?,5-1-,6-2-,7-3-,8-4-,21-5?,22-6?,23-7?,24-8?. The van der Waals surface area contributed by atoms with Crippen molar-refractivity contribution >= 4 is 35.7 Å². The molecule has 6 nitrogen and oxygen atoms in total. The van der Waals surface area contributed by atoms with E-state index in [1.807, 2.05) is 97.1 Å². The SMILES string of the molecule is Nc1ccc(-c2nc3c(o2)/C=C\C=C/c2nc(-c4ccc(N)cc4)oc2/C=C\C=C/3)cc1. The third kappa shape index (κ3) is 4.02. The van der Waals surface area contributed by atoms with E-state index < -0.39 is 0 Å². The first-order chi connectivity index (χ1) is 15.7. The normalized spacial score (nSPS) is 16.8. The molecule has 0 bridgehead atoms. The van der Waals surface area contributed by atoms with E-state index in [0.29, 0.717) is 34.7 Å². The number of benzene rings is 2. The summed E-state index contributed by atoms with van der Waals surface area (Å²) in [6.45, 7) is 0. The Kier molecular flexibility index (Phi) is 5.01. The number of nitrogens with zero attached hydrogens (tertiary/aromatic N) is 2. The molecule has 0 aliphatic heterocycles. The molecule has 0 fully saturated rings. The molecule has 0 spiro atoms. The first-order valence-corrected chi connectivity index (χ1v) is 10.1. The van der Waals surface area contributed by atoms with Crippen molar-refractivity contribution in [2.75, 3.05) is 11.5 Å². The summed E-state index contributed by atoms with van der Waals surface area (Å²) in [4.78, 5) is 9.25. The van der Waals surface area contributed by atoms with Crippen LogP contribution in [0.2, 0.25) is 0 Å². The molecule has 1 aliphatic rings. The van der Waals surface area contributed by atoms with Crippen LogP contribution in [0.3, 0.4) is 0 Å². The Labute approximate surface area is 184 Å². The zero-order valence-electron chi connectivity index (χ0n) is 17.1. The summed E-state index contributed by atoms with van der Waals surface area (Å²) >= 11 is 0.